The number of ether oxygens (including phenoxy) is 1. The molecule has 0 saturated heterocycles. The Labute approximate surface area is 138 Å². The van der Waals surface area contributed by atoms with Crippen LogP contribution in [0.1, 0.15) is 46.2 Å². The molecule has 124 valence electrons. The summed E-state index contributed by atoms with van der Waals surface area (Å²) in [4.78, 5) is 40.0. The monoisotopic (exact) mass is 326 g/mol. The van der Waals surface area contributed by atoms with Crippen LogP contribution in [0.3, 0.4) is 0 Å². The van der Waals surface area contributed by atoms with Gasteiger partial charge in [0.15, 0.2) is 5.78 Å². The number of hydrogen-bond donors (Lipinski definition) is 2. The number of rotatable bonds is 3. The highest BCUT2D eigenvalue weighted by molar-refractivity contribution is 6.17. The number of nitrogens with one attached hydrogen (secondary N) is 2. The molecule has 2 heterocycles. The lowest BCUT2D eigenvalue weighted by Crippen LogP contribution is -2.29. The molecule has 1 aliphatic carbocycles. The molecule has 1 fully saturated rings. The fourth-order valence-electron chi connectivity index (χ4n) is 3.51. The molecule has 4 rings (SSSR count). The average Bonchev–Trinajstić information content (AvgIpc) is 3.26. The zero-order chi connectivity index (χ0) is 16.8. The van der Waals surface area contributed by atoms with Gasteiger partial charge in [0.05, 0.1) is 18.0 Å². The molecule has 6 nitrogen and oxygen atoms in total. The van der Waals surface area contributed by atoms with E-state index in [0.717, 1.165) is 18.5 Å². The van der Waals surface area contributed by atoms with Gasteiger partial charge in [0, 0.05) is 28.7 Å². The molecule has 0 spiro atoms. The highest BCUT2D eigenvalue weighted by Gasteiger charge is 2.43. The average molecular weight is 326 g/mol. The summed E-state index contributed by atoms with van der Waals surface area (Å²) in [5.41, 5.74) is 2.27. The molecule has 2 aliphatic rings. The van der Waals surface area contributed by atoms with Gasteiger partial charge in [-0.25, -0.2) is 4.79 Å². The van der Waals surface area contributed by atoms with E-state index in [1.165, 1.54) is 0 Å². The lowest BCUT2D eigenvalue weighted by Gasteiger charge is -2.12. The van der Waals surface area contributed by atoms with Crippen LogP contribution < -0.4 is 5.32 Å². The second-order valence-electron chi connectivity index (χ2n) is 6.45. The molecule has 2 aromatic rings. The minimum Gasteiger partial charge on any atom is -0.389 e. The van der Waals surface area contributed by atoms with E-state index in [9.17, 15) is 14.4 Å². The zero-order valence-electron chi connectivity index (χ0n) is 13.3. The Bertz CT molecular complexity index is 867. The van der Waals surface area contributed by atoms with Gasteiger partial charge in [-0.15, -0.1) is 0 Å². The maximum absolute atomic E-state index is 12.5. The van der Waals surface area contributed by atoms with Crippen LogP contribution in [0.15, 0.2) is 18.2 Å². The first-order valence-electron chi connectivity index (χ1n) is 8.23. The number of esters is 2. The number of fused-ring (bicyclic) bond motifs is 3. The van der Waals surface area contributed by atoms with E-state index in [4.69, 9.17) is 4.74 Å². The molecule has 1 aliphatic heterocycles. The van der Waals surface area contributed by atoms with Gasteiger partial charge in [0.1, 0.15) is 0 Å². The summed E-state index contributed by atoms with van der Waals surface area (Å²) in [7, 11) is 0. The number of H-pyrrole nitrogens is 1. The van der Waals surface area contributed by atoms with Gasteiger partial charge in [-0.1, -0.05) is 19.4 Å². The topological polar surface area (TPSA) is 88.3 Å². The summed E-state index contributed by atoms with van der Waals surface area (Å²) in [5.74, 6) is -1.04. The van der Waals surface area contributed by atoms with E-state index in [2.05, 4.69) is 10.3 Å². The Morgan fingerprint density at radius 2 is 2.12 bits per heavy atom. The maximum atomic E-state index is 12.5. The number of ketones is 1. The molecule has 1 aromatic carbocycles. The van der Waals surface area contributed by atoms with Crippen molar-refractivity contribution in [1.82, 2.24) is 10.3 Å². The first-order valence-corrected chi connectivity index (χ1v) is 8.23. The zero-order valence-corrected chi connectivity index (χ0v) is 13.3. The number of aromatic nitrogens is 1. The van der Waals surface area contributed by atoms with E-state index >= 15 is 0 Å². The quantitative estimate of drug-likeness (QED) is 0.667. The third-order valence-electron chi connectivity index (χ3n) is 4.93. The first-order chi connectivity index (χ1) is 11.6. The molecule has 1 aromatic heterocycles. The van der Waals surface area contributed by atoms with Crippen LogP contribution in [0.4, 0.5) is 0 Å². The number of benzene rings is 1. The Kier molecular flexibility index (Phi) is 3.49. The molecule has 2 unspecified atom stereocenters. The van der Waals surface area contributed by atoms with Crippen molar-refractivity contribution in [3.8, 4) is 0 Å². The van der Waals surface area contributed by atoms with Crippen molar-refractivity contribution >= 4 is 28.6 Å². The summed E-state index contributed by atoms with van der Waals surface area (Å²) < 4.78 is 5.08. The van der Waals surface area contributed by atoms with Crippen molar-refractivity contribution in [1.29, 1.82) is 0 Å². The Balaban J connectivity index is 1.69. The van der Waals surface area contributed by atoms with E-state index in [-0.39, 0.29) is 23.8 Å². The van der Waals surface area contributed by atoms with Crippen LogP contribution in [-0.2, 0) is 16.1 Å². The van der Waals surface area contributed by atoms with Gasteiger partial charge < -0.3 is 15.0 Å². The van der Waals surface area contributed by atoms with E-state index in [0.29, 0.717) is 28.9 Å². The van der Waals surface area contributed by atoms with E-state index < -0.39 is 11.9 Å². The van der Waals surface area contributed by atoms with Crippen molar-refractivity contribution in [3.05, 3.63) is 35.0 Å². The van der Waals surface area contributed by atoms with Crippen LogP contribution in [0.5, 0.6) is 0 Å². The third-order valence-corrected chi connectivity index (χ3v) is 4.93. The highest BCUT2D eigenvalue weighted by atomic mass is 16.6. The molecule has 2 N–H and O–H groups in total. The van der Waals surface area contributed by atoms with Gasteiger partial charge in [0.25, 0.3) is 0 Å². The smallest absolute Gasteiger partial charge is 0.346 e. The number of hydrogen-bond acceptors (Lipinski definition) is 5. The van der Waals surface area contributed by atoms with Crippen LogP contribution in [0, 0.1) is 11.8 Å². The van der Waals surface area contributed by atoms with E-state index in [1.54, 1.807) is 12.1 Å². The predicted molar refractivity (Wildman–Crippen MR) is 86.6 cm³/mol. The minimum absolute atomic E-state index is 0.0673. The van der Waals surface area contributed by atoms with Crippen molar-refractivity contribution in [2.45, 2.75) is 26.3 Å². The Morgan fingerprint density at radius 1 is 1.29 bits per heavy atom. The third kappa shape index (κ3) is 2.34. The lowest BCUT2D eigenvalue weighted by atomic mass is 9.99. The number of aromatic amines is 1. The fraction of sp³-hybridized carbons (Fsp3) is 0.389. The highest BCUT2D eigenvalue weighted by Crippen LogP contribution is 2.42. The first kappa shape index (κ1) is 15.1. The standard InChI is InChI=1S/C18H18N2O4/c1-2-9-6-11(9)18(23)24-17(22)10-4-3-5-12-15(10)16-13(20-12)7-19-8-14(16)21/h3-5,9,11,19-20H,2,6-8H2,1H3. The Hall–Kier alpha value is -2.47. The van der Waals surface area contributed by atoms with Gasteiger partial charge in [-0.2, -0.15) is 0 Å². The molecule has 6 heteroatoms. The van der Waals surface area contributed by atoms with Crippen molar-refractivity contribution in [2.24, 2.45) is 11.8 Å². The Morgan fingerprint density at radius 3 is 2.88 bits per heavy atom. The SMILES string of the molecule is CCC1CC1C(=O)OC(=O)c1cccc2[nH]c3c(c12)C(=O)CNC3. The molecule has 0 radical (unpaired) electrons. The fourth-order valence-corrected chi connectivity index (χ4v) is 3.51. The summed E-state index contributed by atoms with van der Waals surface area (Å²) in [6, 6.07) is 5.13. The lowest BCUT2D eigenvalue weighted by molar-refractivity contribution is -0.139. The molecule has 24 heavy (non-hydrogen) atoms. The number of carbonyl (C=O) groups is 3. The largest absolute Gasteiger partial charge is 0.389 e. The summed E-state index contributed by atoms with van der Waals surface area (Å²) >= 11 is 0. The number of Topliss-reactive ketones (excluding diaryl/α,β-unsaturated/α-hetero) is 1. The summed E-state index contributed by atoms with van der Waals surface area (Å²) in [5, 5.41) is 3.57. The van der Waals surface area contributed by atoms with Crippen molar-refractivity contribution in [2.75, 3.05) is 6.54 Å². The summed E-state index contributed by atoms with van der Waals surface area (Å²) in [6.45, 7) is 2.80. The van der Waals surface area contributed by atoms with Crippen LogP contribution in [-0.4, -0.2) is 29.3 Å². The molecule has 0 bridgehead atoms. The van der Waals surface area contributed by atoms with Crippen molar-refractivity contribution in [3.63, 3.8) is 0 Å². The number of carbonyl (C=O) groups excluding carboxylic acids is 3. The second-order valence-corrected chi connectivity index (χ2v) is 6.45. The van der Waals surface area contributed by atoms with Gasteiger partial charge >= 0.3 is 11.9 Å². The normalized spacial score (nSPS) is 22.3. The van der Waals surface area contributed by atoms with Gasteiger partial charge in [-0.3, -0.25) is 9.59 Å². The molecular weight excluding hydrogens is 308 g/mol. The molecule has 0 amide bonds. The van der Waals surface area contributed by atoms with E-state index in [1.807, 2.05) is 13.0 Å². The predicted octanol–water partition coefficient (Wildman–Crippen LogP) is 2.18. The molecular formula is C18H18N2O4. The van der Waals surface area contributed by atoms with Crippen LogP contribution in [0.2, 0.25) is 0 Å². The maximum Gasteiger partial charge on any atom is 0.346 e. The van der Waals surface area contributed by atoms with Crippen LogP contribution in [0.25, 0.3) is 10.9 Å². The molecule has 2 atom stereocenters. The second kappa shape index (κ2) is 5.56. The van der Waals surface area contributed by atoms with Crippen LogP contribution >= 0.6 is 0 Å². The van der Waals surface area contributed by atoms with Gasteiger partial charge in [0.2, 0.25) is 0 Å². The summed E-state index contributed by atoms with van der Waals surface area (Å²) in [6.07, 6.45) is 1.70. The minimum atomic E-state index is -0.680. The van der Waals surface area contributed by atoms with Gasteiger partial charge in [-0.05, 0) is 24.5 Å². The van der Waals surface area contributed by atoms with Crippen molar-refractivity contribution < 1.29 is 19.1 Å². The molecule has 1 saturated carbocycles.